The Balaban J connectivity index is 0.000000606. The van der Waals surface area contributed by atoms with Gasteiger partial charge in [-0.3, -0.25) is 0 Å². The largest absolute Gasteiger partial charge is 0.382 e. The molecule has 2 aromatic rings. The Morgan fingerprint density at radius 1 is 1.25 bits per heavy atom. The van der Waals surface area contributed by atoms with Gasteiger partial charge in [-0.2, -0.15) is 10.4 Å². The molecule has 0 aliphatic rings. The highest BCUT2D eigenvalue weighted by Gasteiger charge is 2.06. The minimum Gasteiger partial charge on any atom is -0.382 e. The van der Waals surface area contributed by atoms with Crippen LogP contribution >= 0.6 is 0 Å². The number of nitriles is 1. The molecule has 2 rings (SSSR count). The van der Waals surface area contributed by atoms with Crippen LogP contribution < -0.4 is 5.73 Å². The Morgan fingerprint density at radius 3 is 2.38 bits per heavy atom. The maximum atomic E-state index is 8.70. The van der Waals surface area contributed by atoms with E-state index in [2.05, 4.69) is 5.10 Å². The number of hydrogen-bond acceptors (Lipinski definition) is 3. The van der Waals surface area contributed by atoms with Gasteiger partial charge in [0.15, 0.2) is 0 Å². The molecule has 0 fully saturated rings. The first kappa shape index (κ1) is 11.8. The fourth-order valence-electron chi connectivity index (χ4n) is 1.22. The molecule has 0 aliphatic carbocycles. The molecule has 0 atom stereocenters. The third kappa shape index (κ3) is 2.20. The minimum atomic E-state index is 0.374. The van der Waals surface area contributed by atoms with Gasteiger partial charge in [0.05, 0.1) is 11.9 Å². The van der Waals surface area contributed by atoms with Crippen molar-refractivity contribution in [3.8, 4) is 11.8 Å². The molecule has 0 spiro atoms. The van der Waals surface area contributed by atoms with Gasteiger partial charge < -0.3 is 5.73 Å². The highest BCUT2D eigenvalue weighted by molar-refractivity contribution is 5.52. The first-order valence-electron chi connectivity index (χ1n) is 5.12. The van der Waals surface area contributed by atoms with Crippen LogP contribution in [0.5, 0.6) is 0 Å². The Morgan fingerprint density at radius 2 is 1.88 bits per heavy atom. The zero-order chi connectivity index (χ0) is 12.0. The van der Waals surface area contributed by atoms with Crippen molar-refractivity contribution >= 4 is 5.82 Å². The van der Waals surface area contributed by atoms with Gasteiger partial charge in [0.25, 0.3) is 0 Å². The van der Waals surface area contributed by atoms with Gasteiger partial charge >= 0.3 is 0 Å². The molecular formula is C12H14N4. The lowest BCUT2D eigenvalue weighted by molar-refractivity contribution is 0.891. The number of hydrogen-bond donors (Lipinski definition) is 1. The van der Waals surface area contributed by atoms with Crippen LogP contribution in [-0.2, 0) is 0 Å². The van der Waals surface area contributed by atoms with Crippen LogP contribution in [0.1, 0.15) is 19.4 Å². The molecular weight excluding hydrogens is 200 g/mol. The van der Waals surface area contributed by atoms with Crippen LogP contribution in [-0.4, -0.2) is 9.78 Å². The molecule has 1 heterocycles. The van der Waals surface area contributed by atoms with E-state index in [-0.39, 0.29) is 0 Å². The molecule has 1 aromatic heterocycles. The third-order valence-electron chi connectivity index (χ3n) is 1.93. The van der Waals surface area contributed by atoms with Gasteiger partial charge in [0.2, 0.25) is 0 Å². The first-order valence-corrected chi connectivity index (χ1v) is 5.12. The van der Waals surface area contributed by atoms with Crippen LogP contribution in [0.4, 0.5) is 5.82 Å². The van der Waals surface area contributed by atoms with Crippen LogP contribution in [0.25, 0.3) is 5.69 Å². The van der Waals surface area contributed by atoms with Crippen LogP contribution in [0.2, 0.25) is 0 Å². The van der Waals surface area contributed by atoms with E-state index in [1.54, 1.807) is 4.68 Å². The Kier molecular flexibility index (Phi) is 4.10. The Hall–Kier alpha value is -2.28. The lowest BCUT2D eigenvalue weighted by Gasteiger charge is -2.02. The van der Waals surface area contributed by atoms with Crippen LogP contribution in [0.3, 0.4) is 0 Å². The maximum absolute atomic E-state index is 8.70. The van der Waals surface area contributed by atoms with E-state index in [0.29, 0.717) is 11.4 Å². The molecule has 0 saturated carbocycles. The van der Waals surface area contributed by atoms with Crippen molar-refractivity contribution in [3.63, 3.8) is 0 Å². The van der Waals surface area contributed by atoms with Crippen molar-refractivity contribution in [2.45, 2.75) is 13.8 Å². The van der Waals surface area contributed by atoms with Gasteiger partial charge in [-0.15, -0.1) is 0 Å². The predicted molar refractivity (Wildman–Crippen MR) is 64.0 cm³/mol. The molecule has 2 N–H and O–H groups in total. The molecule has 4 nitrogen and oxygen atoms in total. The average Bonchev–Trinajstić information content (AvgIpc) is 2.74. The normalized spacial score (nSPS) is 8.81. The second-order valence-corrected chi connectivity index (χ2v) is 2.80. The van der Waals surface area contributed by atoms with E-state index < -0.39 is 0 Å². The lowest BCUT2D eigenvalue weighted by atomic mass is 10.3. The number of nitrogens with zero attached hydrogens (tertiary/aromatic N) is 3. The summed E-state index contributed by atoms with van der Waals surface area (Å²) in [7, 11) is 0. The smallest absolute Gasteiger partial charge is 0.145 e. The molecule has 16 heavy (non-hydrogen) atoms. The highest BCUT2D eigenvalue weighted by Crippen LogP contribution is 2.15. The third-order valence-corrected chi connectivity index (χ3v) is 1.93. The van der Waals surface area contributed by atoms with Gasteiger partial charge in [0.1, 0.15) is 17.5 Å². The van der Waals surface area contributed by atoms with Crippen LogP contribution in [0.15, 0.2) is 36.5 Å². The fourth-order valence-corrected chi connectivity index (χ4v) is 1.22. The van der Waals surface area contributed by atoms with Crippen molar-refractivity contribution in [2.24, 2.45) is 0 Å². The number of nitrogen functional groups attached to an aromatic ring is 1. The van der Waals surface area contributed by atoms with Crippen molar-refractivity contribution in [2.75, 3.05) is 5.73 Å². The van der Waals surface area contributed by atoms with Crippen LogP contribution in [0, 0.1) is 11.3 Å². The topological polar surface area (TPSA) is 67.6 Å². The van der Waals surface area contributed by atoms with Crippen molar-refractivity contribution in [3.05, 3.63) is 42.1 Å². The highest BCUT2D eigenvalue weighted by atomic mass is 15.3. The van der Waals surface area contributed by atoms with Crippen molar-refractivity contribution in [1.82, 2.24) is 9.78 Å². The molecule has 0 aliphatic heterocycles. The summed E-state index contributed by atoms with van der Waals surface area (Å²) in [5, 5.41) is 12.7. The molecule has 82 valence electrons. The Labute approximate surface area is 94.9 Å². The summed E-state index contributed by atoms with van der Waals surface area (Å²) >= 11 is 0. The maximum Gasteiger partial charge on any atom is 0.145 e. The van der Waals surface area contributed by atoms with Gasteiger partial charge in [-0.1, -0.05) is 32.0 Å². The van der Waals surface area contributed by atoms with Gasteiger partial charge in [-0.05, 0) is 12.1 Å². The van der Waals surface area contributed by atoms with E-state index in [1.165, 1.54) is 6.20 Å². The summed E-state index contributed by atoms with van der Waals surface area (Å²) in [6.07, 6.45) is 1.46. The predicted octanol–water partition coefficient (Wildman–Crippen LogP) is 2.35. The average molecular weight is 214 g/mol. The van der Waals surface area contributed by atoms with Crippen molar-refractivity contribution < 1.29 is 0 Å². The van der Waals surface area contributed by atoms with E-state index in [4.69, 9.17) is 11.0 Å². The summed E-state index contributed by atoms with van der Waals surface area (Å²) in [6, 6.07) is 11.4. The summed E-state index contributed by atoms with van der Waals surface area (Å²) in [6.45, 7) is 4.00. The van der Waals surface area contributed by atoms with Crippen molar-refractivity contribution in [1.29, 1.82) is 5.26 Å². The molecule has 0 amide bonds. The molecule has 0 radical (unpaired) electrons. The summed E-state index contributed by atoms with van der Waals surface area (Å²) < 4.78 is 1.54. The zero-order valence-electron chi connectivity index (χ0n) is 9.38. The number of nitrogens with two attached hydrogens (primary N) is 1. The van der Waals surface area contributed by atoms with E-state index >= 15 is 0 Å². The number of benzene rings is 1. The first-order chi connectivity index (χ1) is 7.83. The second-order valence-electron chi connectivity index (χ2n) is 2.80. The summed E-state index contributed by atoms with van der Waals surface area (Å²) in [5.41, 5.74) is 6.97. The molecule has 0 bridgehead atoms. The van der Waals surface area contributed by atoms with E-state index in [0.717, 1.165) is 5.69 Å². The number of anilines is 1. The second kappa shape index (κ2) is 5.56. The standard InChI is InChI=1S/C10H8N4.C2H6/c11-6-8-7-13-14(10(8)12)9-4-2-1-3-5-9;1-2/h1-5,7H,12H2;1-2H3. The Bertz CT molecular complexity index is 479. The fraction of sp³-hybridized carbons (Fsp3) is 0.167. The van der Waals surface area contributed by atoms with E-state index in [1.807, 2.05) is 50.2 Å². The number of aromatic nitrogens is 2. The number of rotatable bonds is 1. The molecule has 1 aromatic carbocycles. The quantitative estimate of drug-likeness (QED) is 0.792. The monoisotopic (exact) mass is 214 g/mol. The molecule has 4 heteroatoms. The van der Waals surface area contributed by atoms with E-state index in [9.17, 15) is 0 Å². The SMILES string of the molecule is CC.N#Cc1cnn(-c2ccccc2)c1N. The molecule has 0 unspecified atom stereocenters. The molecule has 0 saturated heterocycles. The van der Waals surface area contributed by atoms with Gasteiger partial charge in [-0.25, -0.2) is 4.68 Å². The lowest BCUT2D eigenvalue weighted by Crippen LogP contribution is -2.01. The van der Waals surface area contributed by atoms with Gasteiger partial charge in [0, 0.05) is 0 Å². The number of para-hydroxylation sites is 1. The zero-order valence-corrected chi connectivity index (χ0v) is 9.38. The summed E-state index contributed by atoms with van der Waals surface area (Å²) in [5.74, 6) is 0.374. The summed E-state index contributed by atoms with van der Waals surface area (Å²) in [4.78, 5) is 0. The minimum absolute atomic E-state index is 0.374.